The van der Waals surface area contributed by atoms with E-state index >= 15 is 0 Å². The van der Waals surface area contributed by atoms with Gasteiger partial charge in [0.25, 0.3) is 0 Å². The van der Waals surface area contributed by atoms with Gasteiger partial charge in [-0.25, -0.2) is 0 Å². The highest BCUT2D eigenvalue weighted by atomic mass is 32.2. The lowest BCUT2D eigenvalue weighted by atomic mass is 10.0. The van der Waals surface area contributed by atoms with Crippen molar-refractivity contribution < 1.29 is 23.6 Å². The minimum absolute atomic E-state index is 0.337. The maximum Gasteiger partial charge on any atom is 0.313 e. The molecule has 0 aliphatic carbocycles. The average Bonchev–Trinajstić information content (AvgIpc) is 2.65. The van der Waals surface area contributed by atoms with Gasteiger partial charge >= 0.3 is 5.97 Å². The summed E-state index contributed by atoms with van der Waals surface area (Å²) in [4.78, 5) is 11.1. The maximum absolute atomic E-state index is 11.1. The summed E-state index contributed by atoms with van der Waals surface area (Å²) in [5, 5.41) is 7.65. The Morgan fingerprint density at radius 1 is 1.06 bits per heavy atom. The highest BCUT2D eigenvalue weighted by molar-refractivity contribution is 8.00. The van der Waals surface area contributed by atoms with Crippen molar-refractivity contribution in [1.29, 1.82) is 0 Å². The number of aliphatic carboxylic acids is 1. The van der Waals surface area contributed by atoms with Crippen LogP contribution in [0.3, 0.4) is 0 Å². The van der Waals surface area contributed by atoms with Gasteiger partial charge in [-0.15, -0.1) is 11.8 Å². The molecular weight excluding hydrogens is 244 g/mol. The van der Waals surface area contributed by atoms with Crippen LogP contribution in [0.25, 0.3) is 0 Å². The molecule has 92 valence electrons. The Bertz CT molecular complexity index is 851. The lowest BCUT2D eigenvalue weighted by Crippen LogP contribution is -2.03. The van der Waals surface area contributed by atoms with Crippen LogP contribution in [0.1, 0.15) is 30.1 Å². The van der Waals surface area contributed by atoms with Gasteiger partial charge in [-0.3, -0.25) is 4.79 Å². The molecule has 0 heterocycles. The zero-order chi connectivity index (χ0) is 21.5. The first-order valence-corrected chi connectivity index (χ1v) is 5.93. The van der Waals surface area contributed by atoms with Gasteiger partial charge in [0.2, 0.25) is 0 Å². The fourth-order valence-electron chi connectivity index (χ4n) is 1.25. The number of thioether (sulfide) groups is 1. The van der Waals surface area contributed by atoms with Gasteiger partial charge in [-0.1, -0.05) is 60.4 Å². The molecule has 0 amide bonds. The van der Waals surface area contributed by atoms with Gasteiger partial charge in [-0.05, 0) is 11.1 Å². The third-order valence-electron chi connectivity index (χ3n) is 1.94. The lowest BCUT2D eigenvalue weighted by molar-refractivity contribution is -0.133. The second-order valence-corrected chi connectivity index (χ2v) is 4.26. The summed E-state index contributed by atoms with van der Waals surface area (Å²) in [7, 11) is 0. The number of hydrogen-bond donors (Lipinski definition) is 1. The summed E-state index contributed by atoms with van der Waals surface area (Å²) in [6.07, 6.45) is 0. The highest BCUT2D eigenvalue weighted by Gasteiger charge is 2.15. The SMILES string of the molecule is [2H]c1c([2H])c([2H])c(C(SCC(=O)O)c2c([2H])c([2H])c([2H])c([2H])c2[2H])c([2H])c1[2H]. The van der Waals surface area contributed by atoms with Crippen molar-refractivity contribution in [2.75, 3.05) is 5.75 Å². The molecular formula is C15H14O2S. The normalized spacial score (nSPS) is 18.3. The van der Waals surface area contributed by atoms with Crippen LogP contribution in [0.15, 0.2) is 60.4 Å². The van der Waals surface area contributed by atoms with Crippen LogP contribution < -0.4 is 0 Å². The van der Waals surface area contributed by atoms with Gasteiger partial charge in [-0.2, -0.15) is 0 Å². The standard InChI is InChI=1S/C15H14O2S/c16-14(17)11-18-15(12-7-3-1-4-8-12)13-9-5-2-6-10-13/h1-10,15H,11H2,(H,16,17)/i1D,2D,3D,4D,5D,6D,7D,8D,9D,10D. The summed E-state index contributed by atoms with van der Waals surface area (Å²) < 4.78 is 79.0. The van der Waals surface area contributed by atoms with Crippen LogP contribution in [0.2, 0.25) is 0 Å². The topological polar surface area (TPSA) is 37.3 Å². The Morgan fingerprint density at radius 2 is 1.50 bits per heavy atom. The molecule has 2 aromatic carbocycles. The zero-order valence-corrected chi connectivity index (χ0v) is 9.86. The summed E-state index contributed by atoms with van der Waals surface area (Å²) in [5.41, 5.74) is -0.674. The van der Waals surface area contributed by atoms with E-state index in [1.165, 1.54) is 0 Å². The third kappa shape index (κ3) is 3.37. The van der Waals surface area contributed by atoms with E-state index in [4.69, 9.17) is 18.8 Å². The van der Waals surface area contributed by atoms with Gasteiger partial charge in [0, 0.05) is 0 Å². The van der Waals surface area contributed by atoms with Crippen LogP contribution in [-0.2, 0) is 4.79 Å². The number of benzene rings is 2. The molecule has 2 rings (SSSR count). The molecule has 0 spiro atoms. The van der Waals surface area contributed by atoms with E-state index in [0.717, 1.165) is 0 Å². The third-order valence-corrected chi connectivity index (χ3v) is 3.15. The van der Waals surface area contributed by atoms with Crippen molar-refractivity contribution in [2.24, 2.45) is 0 Å². The van der Waals surface area contributed by atoms with E-state index in [9.17, 15) is 4.79 Å². The summed E-state index contributed by atoms with van der Waals surface area (Å²) >= 11 is 0.604. The molecule has 18 heavy (non-hydrogen) atoms. The molecule has 0 saturated heterocycles. The molecule has 2 aromatic rings. The number of hydrogen-bond acceptors (Lipinski definition) is 2. The van der Waals surface area contributed by atoms with Gasteiger partial charge in [0.15, 0.2) is 0 Å². The van der Waals surface area contributed by atoms with Crippen LogP contribution >= 0.6 is 11.8 Å². The molecule has 2 nitrogen and oxygen atoms in total. The molecule has 0 aromatic heterocycles. The first-order valence-electron chi connectivity index (χ1n) is 9.88. The second-order valence-electron chi connectivity index (χ2n) is 3.16. The number of carboxylic acids is 1. The van der Waals surface area contributed by atoms with Gasteiger partial charge in [0.1, 0.15) is 0 Å². The molecule has 1 N–H and O–H groups in total. The number of carboxylic acid groups (broad SMARTS) is 1. The number of rotatable bonds is 5. The van der Waals surface area contributed by atoms with E-state index in [0.29, 0.717) is 11.8 Å². The van der Waals surface area contributed by atoms with E-state index in [-0.39, 0.29) is 11.1 Å². The monoisotopic (exact) mass is 268 g/mol. The van der Waals surface area contributed by atoms with E-state index < -0.39 is 77.4 Å². The molecule has 0 fully saturated rings. The van der Waals surface area contributed by atoms with E-state index in [2.05, 4.69) is 0 Å². The predicted octanol–water partition coefficient (Wildman–Crippen LogP) is 3.59. The minimum atomic E-state index is -1.38. The largest absolute Gasteiger partial charge is 0.481 e. The summed E-state index contributed by atoms with van der Waals surface area (Å²) in [6.45, 7) is 0. The maximum atomic E-state index is 11.1. The fourth-order valence-corrected chi connectivity index (χ4v) is 2.13. The fraction of sp³-hybridized carbons (Fsp3) is 0.133. The van der Waals surface area contributed by atoms with Crippen molar-refractivity contribution in [3.05, 3.63) is 71.6 Å². The Balaban J connectivity index is 2.90. The number of carbonyl (C=O) groups is 1. The Hall–Kier alpha value is -1.74. The average molecular weight is 268 g/mol. The lowest BCUT2D eigenvalue weighted by Gasteiger charge is -2.16. The van der Waals surface area contributed by atoms with Crippen molar-refractivity contribution >= 4 is 17.7 Å². The van der Waals surface area contributed by atoms with Gasteiger partial charge in [0.05, 0.1) is 24.7 Å². The van der Waals surface area contributed by atoms with Crippen LogP contribution in [0.4, 0.5) is 0 Å². The zero-order valence-electron chi connectivity index (χ0n) is 19.0. The Morgan fingerprint density at radius 3 is 1.89 bits per heavy atom. The minimum Gasteiger partial charge on any atom is -0.481 e. The van der Waals surface area contributed by atoms with Crippen molar-refractivity contribution in [3.63, 3.8) is 0 Å². The molecule has 0 aliphatic rings. The van der Waals surface area contributed by atoms with Crippen molar-refractivity contribution in [3.8, 4) is 0 Å². The quantitative estimate of drug-likeness (QED) is 0.900. The molecule has 0 atom stereocenters. The molecule has 0 bridgehead atoms. The predicted molar refractivity (Wildman–Crippen MR) is 74.8 cm³/mol. The second kappa shape index (κ2) is 6.26. The summed E-state index contributed by atoms with van der Waals surface area (Å²) in [5.74, 6) is -1.84. The molecule has 0 unspecified atom stereocenters. The van der Waals surface area contributed by atoms with Crippen LogP contribution in [-0.4, -0.2) is 16.8 Å². The molecule has 0 radical (unpaired) electrons. The smallest absolute Gasteiger partial charge is 0.313 e. The molecule has 3 heteroatoms. The van der Waals surface area contributed by atoms with Crippen molar-refractivity contribution in [2.45, 2.75) is 5.25 Å². The van der Waals surface area contributed by atoms with E-state index in [1.54, 1.807) is 0 Å². The Kier molecular flexibility index (Phi) is 1.77. The van der Waals surface area contributed by atoms with Crippen molar-refractivity contribution in [1.82, 2.24) is 0 Å². The first kappa shape index (κ1) is 5.10. The van der Waals surface area contributed by atoms with Gasteiger partial charge < -0.3 is 5.11 Å². The first-order chi connectivity index (χ1) is 12.9. The molecule has 0 aliphatic heterocycles. The van der Waals surface area contributed by atoms with E-state index in [1.807, 2.05) is 0 Å². The van der Waals surface area contributed by atoms with Crippen LogP contribution in [0.5, 0.6) is 0 Å². The highest BCUT2D eigenvalue weighted by Crippen LogP contribution is 2.35. The van der Waals surface area contributed by atoms with Crippen LogP contribution in [0, 0.1) is 0 Å². The molecule has 0 saturated carbocycles. The Labute approximate surface area is 125 Å². The summed E-state index contributed by atoms with van der Waals surface area (Å²) in [6, 6.07) is -6.45.